The van der Waals surface area contributed by atoms with E-state index in [9.17, 15) is 4.79 Å². The molecule has 2 nitrogen and oxygen atoms in total. The molecule has 0 bridgehead atoms. The van der Waals surface area contributed by atoms with Crippen molar-refractivity contribution in [1.29, 1.82) is 0 Å². The van der Waals surface area contributed by atoms with Crippen molar-refractivity contribution in [1.82, 2.24) is 0 Å². The number of carbonyl (C=O) groups is 1. The van der Waals surface area contributed by atoms with Gasteiger partial charge in [-0.05, 0) is 92.0 Å². The summed E-state index contributed by atoms with van der Waals surface area (Å²) in [5.74, 6) is -0.149. The van der Waals surface area contributed by atoms with E-state index < -0.39 is 0 Å². The highest BCUT2D eigenvalue weighted by atomic mass is 127. The van der Waals surface area contributed by atoms with Gasteiger partial charge in [-0.15, -0.1) is 0 Å². The number of halogens is 2. The second-order valence-electron chi connectivity index (χ2n) is 5.06. The van der Waals surface area contributed by atoms with Gasteiger partial charge in [-0.25, -0.2) is 0 Å². The van der Waals surface area contributed by atoms with Crippen molar-refractivity contribution in [3.8, 4) is 0 Å². The molecular weight excluding hydrogens is 443 g/mol. The van der Waals surface area contributed by atoms with Gasteiger partial charge in [0.1, 0.15) is 4.83 Å². The number of alkyl halides is 1. The largest absolute Gasteiger partial charge is 0.465 e. The highest BCUT2D eigenvalue weighted by Crippen LogP contribution is 2.21. The molecule has 1 unspecified atom stereocenters. The zero-order valence-corrected chi connectivity index (χ0v) is 17.6. The number of hydrogen-bond donors (Lipinski definition) is 0. The third-order valence-electron chi connectivity index (χ3n) is 3.50. The Morgan fingerprint density at radius 2 is 1.76 bits per heavy atom. The molecular formula is C17H26BrIO2. The maximum atomic E-state index is 10.9. The van der Waals surface area contributed by atoms with Gasteiger partial charge in [0.05, 0.1) is 6.61 Å². The Labute approximate surface area is 151 Å². The Morgan fingerprint density at radius 3 is 2.24 bits per heavy atom. The molecule has 4 heteroatoms. The molecule has 0 amide bonds. The average molecular weight is 469 g/mol. The van der Waals surface area contributed by atoms with Crippen LogP contribution in [0, 0.1) is 31.3 Å². The number of hydrogen-bond acceptors (Lipinski definition) is 2. The summed E-state index contributed by atoms with van der Waals surface area (Å²) in [7, 11) is 0. The fraction of sp³-hybridized carbons (Fsp3) is 0.588. The first kappa shape index (κ1) is 20.9. The Hall–Kier alpha value is -0.100. The first-order valence-electron chi connectivity index (χ1n) is 7.29. The van der Waals surface area contributed by atoms with E-state index in [1.807, 2.05) is 13.8 Å². The summed E-state index contributed by atoms with van der Waals surface area (Å²) in [4.78, 5) is 10.8. The van der Waals surface area contributed by atoms with Crippen LogP contribution in [0.25, 0.3) is 0 Å². The molecule has 0 aliphatic heterocycles. The minimum atomic E-state index is -0.149. The van der Waals surface area contributed by atoms with Crippen molar-refractivity contribution in [3.05, 3.63) is 31.9 Å². The van der Waals surface area contributed by atoms with Crippen molar-refractivity contribution < 1.29 is 9.53 Å². The SMILES string of the molecule is CCCC(Br)C(=O)OCC.Cc1cc(I)c(C)c(C)c1C. The molecule has 120 valence electrons. The summed E-state index contributed by atoms with van der Waals surface area (Å²) in [5, 5.41) is 0. The van der Waals surface area contributed by atoms with E-state index in [1.165, 1.54) is 25.8 Å². The second kappa shape index (κ2) is 10.6. The van der Waals surface area contributed by atoms with Gasteiger partial charge in [-0.1, -0.05) is 29.3 Å². The second-order valence-corrected chi connectivity index (χ2v) is 7.33. The standard InChI is InChI=1S/C10H13I.C7H13BrO2/c1-6-5-10(11)9(4)8(3)7(6)2;1-3-5-6(8)7(9)10-4-2/h5H,1-4H3;6H,3-5H2,1-2H3. The highest BCUT2D eigenvalue weighted by Gasteiger charge is 2.13. The van der Waals surface area contributed by atoms with Crippen LogP contribution in [0.4, 0.5) is 0 Å². The maximum Gasteiger partial charge on any atom is 0.319 e. The molecule has 0 aliphatic carbocycles. The van der Waals surface area contributed by atoms with Crippen LogP contribution in [0.5, 0.6) is 0 Å². The van der Waals surface area contributed by atoms with Gasteiger partial charge in [0.25, 0.3) is 0 Å². The Bertz CT molecular complexity index is 446. The molecule has 0 saturated heterocycles. The van der Waals surface area contributed by atoms with Crippen molar-refractivity contribution in [3.63, 3.8) is 0 Å². The quantitative estimate of drug-likeness (QED) is 0.324. The Kier molecular flexibility index (Phi) is 10.5. The van der Waals surface area contributed by atoms with E-state index in [2.05, 4.69) is 72.3 Å². The van der Waals surface area contributed by atoms with Gasteiger partial charge in [-0.3, -0.25) is 4.79 Å². The van der Waals surface area contributed by atoms with Crippen LogP contribution in [-0.4, -0.2) is 17.4 Å². The van der Waals surface area contributed by atoms with Crippen LogP contribution in [0.15, 0.2) is 6.07 Å². The lowest BCUT2D eigenvalue weighted by atomic mass is 10.0. The third kappa shape index (κ3) is 7.13. The third-order valence-corrected chi connectivity index (χ3v) is 5.45. The molecule has 1 rings (SSSR count). The molecule has 0 aromatic heterocycles. The average Bonchev–Trinajstić information content (AvgIpc) is 2.44. The van der Waals surface area contributed by atoms with E-state index >= 15 is 0 Å². The van der Waals surface area contributed by atoms with Crippen LogP contribution in [0.1, 0.15) is 48.9 Å². The molecule has 0 radical (unpaired) electrons. The highest BCUT2D eigenvalue weighted by molar-refractivity contribution is 14.1. The summed E-state index contributed by atoms with van der Waals surface area (Å²) >= 11 is 5.62. The Balaban J connectivity index is 0.000000384. The molecule has 0 heterocycles. The number of ether oxygens (including phenoxy) is 1. The number of carbonyl (C=O) groups excluding carboxylic acids is 1. The number of esters is 1. The van der Waals surface area contributed by atoms with Gasteiger partial charge in [0.15, 0.2) is 0 Å². The zero-order chi connectivity index (χ0) is 16.6. The molecule has 0 saturated carbocycles. The molecule has 0 N–H and O–H groups in total. The van der Waals surface area contributed by atoms with Gasteiger partial charge in [-0.2, -0.15) is 0 Å². The predicted octanol–water partition coefficient (Wildman–Crippen LogP) is 5.64. The molecule has 0 fully saturated rings. The van der Waals surface area contributed by atoms with Crippen molar-refractivity contribution in [2.24, 2.45) is 0 Å². The van der Waals surface area contributed by atoms with Crippen LogP contribution < -0.4 is 0 Å². The summed E-state index contributed by atoms with van der Waals surface area (Å²) in [5.41, 5.74) is 5.70. The summed E-state index contributed by atoms with van der Waals surface area (Å²) in [6, 6.07) is 2.25. The number of benzene rings is 1. The molecule has 1 aromatic rings. The number of rotatable bonds is 4. The lowest BCUT2D eigenvalue weighted by Crippen LogP contribution is -2.16. The summed E-state index contributed by atoms with van der Waals surface area (Å²) < 4.78 is 6.15. The lowest BCUT2D eigenvalue weighted by molar-refractivity contribution is -0.142. The van der Waals surface area contributed by atoms with Crippen LogP contribution in [0.2, 0.25) is 0 Å². The molecule has 21 heavy (non-hydrogen) atoms. The molecule has 1 atom stereocenters. The van der Waals surface area contributed by atoms with E-state index in [4.69, 9.17) is 4.74 Å². The first-order chi connectivity index (χ1) is 9.76. The van der Waals surface area contributed by atoms with Crippen molar-refractivity contribution in [2.45, 2.75) is 59.2 Å². The minimum Gasteiger partial charge on any atom is -0.465 e. The van der Waals surface area contributed by atoms with E-state index in [1.54, 1.807) is 0 Å². The summed E-state index contributed by atoms with van der Waals surface area (Å²) in [6.45, 7) is 13.0. The monoisotopic (exact) mass is 468 g/mol. The minimum absolute atomic E-state index is 0.113. The topological polar surface area (TPSA) is 26.3 Å². The smallest absolute Gasteiger partial charge is 0.319 e. The molecule has 1 aromatic carbocycles. The van der Waals surface area contributed by atoms with Crippen LogP contribution in [0.3, 0.4) is 0 Å². The van der Waals surface area contributed by atoms with E-state index in [0.29, 0.717) is 6.61 Å². The zero-order valence-electron chi connectivity index (χ0n) is 13.8. The van der Waals surface area contributed by atoms with Gasteiger partial charge < -0.3 is 4.74 Å². The van der Waals surface area contributed by atoms with E-state index in [0.717, 1.165) is 12.8 Å². The summed E-state index contributed by atoms with van der Waals surface area (Å²) in [6.07, 6.45) is 1.84. The van der Waals surface area contributed by atoms with E-state index in [-0.39, 0.29) is 10.8 Å². The molecule has 0 aliphatic rings. The lowest BCUT2D eigenvalue weighted by Gasteiger charge is -2.09. The Morgan fingerprint density at radius 1 is 1.19 bits per heavy atom. The van der Waals surface area contributed by atoms with Crippen LogP contribution >= 0.6 is 38.5 Å². The fourth-order valence-electron chi connectivity index (χ4n) is 1.77. The predicted molar refractivity (Wildman–Crippen MR) is 102 cm³/mol. The van der Waals surface area contributed by atoms with Crippen molar-refractivity contribution in [2.75, 3.05) is 6.61 Å². The first-order valence-corrected chi connectivity index (χ1v) is 9.29. The fourth-order valence-corrected chi connectivity index (χ4v) is 3.23. The number of aryl methyl sites for hydroxylation is 1. The van der Waals surface area contributed by atoms with Gasteiger partial charge in [0.2, 0.25) is 0 Å². The van der Waals surface area contributed by atoms with Gasteiger partial charge in [0, 0.05) is 3.57 Å². The van der Waals surface area contributed by atoms with Crippen molar-refractivity contribution >= 4 is 44.5 Å². The van der Waals surface area contributed by atoms with Gasteiger partial charge >= 0.3 is 5.97 Å². The normalized spacial score (nSPS) is 11.4. The molecule has 0 spiro atoms. The van der Waals surface area contributed by atoms with Crippen LogP contribution in [-0.2, 0) is 9.53 Å². The maximum absolute atomic E-state index is 10.9.